The van der Waals surface area contributed by atoms with Crippen LogP contribution in [0.5, 0.6) is 5.75 Å². The van der Waals surface area contributed by atoms with Gasteiger partial charge in [-0.2, -0.15) is 0 Å². The molecular formula is C20H26N6O2. The van der Waals surface area contributed by atoms with E-state index in [4.69, 9.17) is 9.15 Å². The standard InChI is InChI=1S/C20H26N6O2/c1-4-21-20(22-10-9-15-8-7-14(2)17(12-15)27-3)23-13-18-24-19(26-25-18)16-6-5-11-28-16/h5-8,11-12H,4,9-10,13H2,1-3H3,(H2,21,22,23)(H,24,25,26). The molecule has 8 nitrogen and oxygen atoms in total. The number of aromatic nitrogens is 3. The van der Waals surface area contributed by atoms with Crippen molar-refractivity contribution in [1.29, 1.82) is 0 Å². The molecule has 0 fully saturated rings. The topological polar surface area (TPSA) is 100 Å². The first-order chi connectivity index (χ1) is 13.7. The number of nitrogens with zero attached hydrogens (tertiary/aromatic N) is 3. The van der Waals surface area contributed by atoms with Gasteiger partial charge in [-0.05, 0) is 49.6 Å². The molecule has 0 amide bonds. The molecule has 0 aliphatic rings. The lowest BCUT2D eigenvalue weighted by Gasteiger charge is -2.12. The highest BCUT2D eigenvalue weighted by Gasteiger charge is 2.08. The zero-order valence-corrected chi connectivity index (χ0v) is 16.5. The molecule has 0 radical (unpaired) electrons. The van der Waals surface area contributed by atoms with Crippen LogP contribution in [-0.2, 0) is 13.0 Å². The number of nitrogens with one attached hydrogen (secondary N) is 3. The Morgan fingerprint density at radius 1 is 1.29 bits per heavy atom. The Bertz CT molecular complexity index is 901. The molecule has 3 aromatic rings. The fourth-order valence-electron chi connectivity index (χ4n) is 2.72. The van der Waals surface area contributed by atoms with Crippen molar-refractivity contribution in [1.82, 2.24) is 25.8 Å². The summed E-state index contributed by atoms with van der Waals surface area (Å²) in [4.78, 5) is 8.97. The van der Waals surface area contributed by atoms with E-state index in [0.717, 1.165) is 36.8 Å². The van der Waals surface area contributed by atoms with Gasteiger partial charge < -0.3 is 19.8 Å². The molecule has 8 heteroatoms. The predicted octanol–water partition coefficient (Wildman–Crippen LogP) is 2.68. The minimum absolute atomic E-state index is 0.390. The number of aromatic amines is 1. The Hall–Kier alpha value is -3.29. The molecular weight excluding hydrogens is 356 g/mol. The van der Waals surface area contributed by atoms with Gasteiger partial charge in [0.2, 0.25) is 5.82 Å². The van der Waals surface area contributed by atoms with Gasteiger partial charge in [0.05, 0.1) is 13.4 Å². The number of hydrogen-bond donors (Lipinski definition) is 3. The lowest BCUT2D eigenvalue weighted by molar-refractivity contribution is 0.411. The van der Waals surface area contributed by atoms with E-state index in [2.05, 4.69) is 49.0 Å². The maximum atomic E-state index is 5.39. The molecule has 2 aromatic heterocycles. The molecule has 2 heterocycles. The van der Waals surface area contributed by atoms with Gasteiger partial charge in [-0.3, -0.25) is 5.10 Å². The summed E-state index contributed by atoms with van der Waals surface area (Å²) in [7, 11) is 1.70. The van der Waals surface area contributed by atoms with E-state index in [1.807, 2.05) is 19.9 Å². The largest absolute Gasteiger partial charge is 0.496 e. The van der Waals surface area contributed by atoms with E-state index in [1.54, 1.807) is 19.4 Å². The van der Waals surface area contributed by atoms with E-state index in [1.165, 1.54) is 5.56 Å². The van der Waals surface area contributed by atoms with Gasteiger partial charge in [-0.15, -0.1) is 5.10 Å². The number of aliphatic imine (C=N–C) groups is 1. The van der Waals surface area contributed by atoms with E-state index in [-0.39, 0.29) is 0 Å². The zero-order valence-electron chi connectivity index (χ0n) is 16.5. The summed E-state index contributed by atoms with van der Waals surface area (Å²) in [5, 5.41) is 13.6. The third-order valence-electron chi connectivity index (χ3n) is 4.18. The molecule has 0 saturated heterocycles. The molecule has 0 saturated carbocycles. The molecule has 1 aromatic carbocycles. The summed E-state index contributed by atoms with van der Waals surface area (Å²) in [6, 6.07) is 9.90. The number of H-pyrrole nitrogens is 1. The maximum absolute atomic E-state index is 5.39. The van der Waals surface area contributed by atoms with Crippen LogP contribution in [0, 0.1) is 6.92 Å². The number of aryl methyl sites for hydroxylation is 1. The number of benzene rings is 1. The SMILES string of the molecule is CCNC(=NCc1nc(-c2ccco2)n[nH]1)NCCc1ccc(C)c(OC)c1. The van der Waals surface area contributed by atoms with Crippen molar-refractivity contribution in [2.45, 2.75) is 26.8 Å². The van der Waals surface area contributed by atoms with Crippen LogP contribution in [-0.4, -0.2) is 41.3 Å². The highest BCUT2D eigenvalue weighted by Crippen LogP contribution is 2.19. The number of furan rings is 1. The van der Waals surface area contributed by atoms with Crippen molar-refractivity contribution in [2.24, 2.45) is 4.99 Å². The summed E-state index contributed by atoms with van der Waals surface area (Å²) < 4.78 is 10.7. The summed E-state index contributed by atoms with van der Waals surface area (Å²) in [5.74, 6) is 3.48. The average Bonchev–Trinajstić information content (AvgIpc) is 3.39. The van der Waals surface area contributed by atoms with Crippen LogP contribution in [0.25, 0.3) is 11.6 Å². The second-order valence-corrected chi connectivity index (χ2v) is 6.26. The van der Waals surface area contributed by atoms with Gasteiger partial charge in [-0.25, -0.2) is 9.98 Å². The highest BCUT2D eigenvalue weighted by atomic mass is 16.5. The van der Waals surface area contributed by atoms with Crippen LogP contribution in [0.2, 0.25) is 0 Å². The van der Waals surface area contributed by atoms with Crippen LogP contribution in [0.4, 0.5) is 0 Å². The van der Waals surface area contributed by atoms with Crippen LogP contribution in [0.1, 0.15) is 23.9 Å². The van der Waals surface area contributed by atoms with Gasteiger partial charge in [0.25, 0.3) is 0 Å². The smallest absolute Gasteiger partial charge is 0.216 e. The van der Waals surface area contributed by atoms with Crippen LogP contribution >= 0.6 is 0 Å². The van der Waals surface area contributed by atoms with Gasteiger partial charge >= 0.3 is 0 Å². The van der Waals surface area contributed by atoms with Gasteiger partial charge in [-0.1, -0.05) is 12.1 Å². The van der Waals surface area contributed by atoms with Crippen LogP contribution in [0.3, 0.4) is 0 Å². The normalized spacial score (nSPS) is 11.5. The zero-order chi connectivity index (χ0) is 19.8. The Kier molecular flexibility index (Phi) is 6.67. The Balaban J connectivity index is 1.55. The molecule has 3 N–H and O–H groups in total. The van der Waals surface area contributed by atoms with Crippen molar-refractivity contribution in [3.05, 3.63) is 53.5 Å². The fraction of sp³-hybridized carbons (Fsp3) is 0.350. The van der Waals surface area contributed by atoms with Crippen molar-refractivity contribution < 1.29 is 9.15 Å². The quantitative estimate of drug-likeness (QED) is 0.409. The molecule has 0 aliphatic heterocycles. The summed E-state index contributed by atoms with van der Waals surface area (Å²) in [6.45, 7) is 5.99. The molecule has 0 aliphatic carbocycles. The van der Waals surface area contributed by atoms with Gasteiger partial charge in [0.15, 0.2) is 11.7 Å². The number of ether oxygens (including phenoxy) is 1. The second kappa shape index (κ2) is 9.59. The molecule has 28 heavy (non-hydrogen) atoms. The summed E-state index contributed by atoms with van der Waals surface area (Å²) >= 11 is 0. The molecule has 0 spiro atoms. The maximum Gasteiger partial charge on any atom is 0.216 e. The minimum Gasteiger partial charge on any atom is -0.496 e. The third kappa shape index (κ3) is 5.12. The van der Waals surface area contributed by atoms with Gasteiger partial charge in [0.1, 0.15) is 18.1 Å². The Morgan fingerprint density at radius 2 is 2.18 bits per heavy atom. The number of methoxy groups -OCH3 is 1. The first-order valence-electron chi connectivity index (χ1n) is 9.30. The van der Waals surface area contributed by atoms with Crippen LogP contribution < -0.4 is 15.4 Å². The number of guanidine groups is 1. The average molecular weight is 382 g/mol. The highest BCUT2D eigenvalue weighted by molar-refractivity contribution is 5.79. The molecule has 0 atom stereocenters. The Morgan fingerprint density at radius 3 is 2.93 bits per heavy atom. The van der Waals surface area contributed by atoms with Gasteiger partial charge in [0, 0.05) is 13.1 Å². The van der Waals surface area contributed by atoms with E-state index in [9.17, 15) is 0 Å². The number of hydrogen-bond acceptors (Lipinski definition) is 5. The second-order valence-electron chi connectivity index (χ2n) is 6.26. The van der Waals surface area contributed by atoms with Crippen molar-refractivity contribution in [3.8, 4) is 17.3 Å². The summed E-state index contributed by atoms with van der Waals surface area (Å²) in [6.07, 6.45) is 2.46. The molecule has 0 bridgehead atoms. The number of rotatable bonds is 8. The van der Waals surface area contributed by atoms with E-state index >= 15 is 0 Å². The molecule has 0 unspecified atom stereocenters. The van der Waals surface area contributed by atoms with E-state index in [0.29, 0.717) is 24.0 Å². The Labute approximate surface area is 164 Å². The minimum atomic E-state index is 0.390. The lowest BCUT2D eigenvalue weighted by Crippen LogP contribution is -2.38. The van der Waals surface area contributed by atoms with Crippen molar-refractivity contribution in [3.63, 3.8) is 0 Å². The molecule has 148 valence electrons. The molecule has 3 rings (SSSR count). The van der Waals surface area contributed by atoms with Crippen molar-refractivity contribution in [2.75, 3.05) is 20.2 Å². The van der Waals surface area contributed by atoms with E-state index < -0.39 is 0 Å². The lowest BCUT2D eigenvalue weighted by atomic mass is 10.1. The third-order valence-corrected chi connectivity index (χ3v) is 4.18. The predicted molar refractivity (Wildman–Crippen MR) is 108 cm³/mol. The first kappa shape index (κ1) is 19.5. The van der Waals surface area contributed by atoms with Crippen LogP contribution in [0.15, 0.2) is 46.0 Å². The summed E-state index contributed by atoms with van der Waals surface area (Å²) in [5.41, 5.74) is 2.35. The fourth-order valence-corrected chi connectivity index (χ4v) is 2.72. The first-order valence-corrected chi connectivity index (χ1v) is 9.30. The van der Waals surface area contributed by atoms with Crippen molar-refractivity contribution >= 4 is 5.96 Å². The monoisotopic (exact) mass is 382 g/mol.